The molecule has 5 heteroatoms. The van der Waals surface area contributed by atoms with Crippen molar-refractivity contribution in [2.45, 2.75) is 6.04 Å². The molecular formula is C18H16N2O3. The lowest BCUT2D eigenvalue weighted by atomic mass is 9.86. The number of amides is 1. The highest BCUT2D eigenvalue weighted by molar-refractivity contribution is 6.45. The molecule has 2 aromatic rings. The van der Waals surface area contributed by atoms with Gasteiger partial charge in [-0.15, -0.1) is 0 Å². The lowest BCUT2D eigenvalue weighted by Crippen LogP contribution is -2.26. The Morgan fingerprint density at radius 3 is 2.35 bits per heavy atom. The molecule has 2 aromatic carbocycles. The summed E-state index contributed by atoms with van der Waals surface area (Å²) in [4.78, 5) is 24.7. The van der Waals surface area contributed by atoms with Crippen molar-refractivity contribution in [2.75, 3.05) is 7.11 Å². The number of methoxy groups -OCH3 is 1. The molecule has 23 heavy (non-hydrogen) atoms. The molecule has 1 saturated heterocycles. The molecule has 0 aromatic heterocycles. The molecule has 0 spiro atoms. The van der Waals surface area contributed by atoms with Gasteiger partial charge in [0, 0.05) is 5.56 Å². The molecule has 2 N–H and O–H groups in total. The molecule has 0 bridgehead atoms. The Morgan fingerprint density at radius 2 is 1.74 bits per heavy atom. The number of carbonyl (C=O) groups excluding carboxylic acids is 2. The number of hydrogen-bond acceptors (Lipinski definition) is 4. The third-order valence-corrected chi connectivity index (χ3v) is 3.99. The first-order valence-corrected chi connectivity index (χ1v) is 7.24. The number of benzene rings is 2. The maximum atomic E-state index is 12.8. The van der Waals surface area contributed by atoms with Crippen molar-refractivity contribution in [1.29, 1.82) is 5.41 Å². The van der Waals surface area contributed by atoms with Gasteiger partial charge in [0.15, 0.2) is 5.78 Å². The summed E-state index contributed by atoms with van der Waals surface area (Å²) in [7, 11) is 1.55. The van der Waals surface area contributed by atoms with Gasteiger partial charge in [-0.25, -0.2) is 0 Å². The van der Waals surface area contributed by atoms with Crippen molar-refractivity contribution in [2.24, 2.45) is 5.92 Å². The highest BCUT2D eigenvalue weighted by Crippen LogP contribution is 2.31. The van der Waals surface area contributed by atoms with E-state index in [0.29, 0.717) is 11.3 Å². The number of hydrogen-bond donors (Lipinski definition) is 2. The van der Waals surface area contributed by atoms with E-state index in [2.05, 4.69) is 5.32 Å². The summed E-state index contributed by atoms with van der Waals surface area (Å²) in [5.74, 6) is -0.911. The predicted octanol–water partition coefficient (Wildman–Crippen LogP) is 2.38. The van der Waals surface area contributed by atoms with Gasteiger partial charge < -0.3 is 10.1 Å². The lowest BCUT2D eigenvalue weighted by molar-refractivity contribution is -0.114. The van der Waals surface area contributed by atoms with E-state index in [-0.39, 0.29) is 11.5 Å². The van der Waals surface area contributed by atoms with Crippen molar-refractivity contribution in [3.63, 3.8) is 0 Å². The average Bonchev–Trinajstić information content (AvgIpc) is 2.90. The van der Waals surface area contributed by atoms with Crippen molar-refractivity contribution in [3.8, 4) is 5.75 Å². The number of nitrogens with one attached hydrogen (secondary N) is 2. The monoisotopic (exact) mass is 308 g/mol. The second-order valence-electron chi connectivity index (χ2n) is 5.35. The van der Waals surface area contributed by atoms with Crippen LogP contribution in [-0.2, 0) is 4.79 Å². The third-order valence-electron chi connectivity index (χ3n) is 3.99. The first-order chi connectivity index (χ1) is 11.1. The number of Topliss-reactive ketones (excluding diaryl/α,β-unsaturated/α-hetero) is 1. The summed E-state index contributed by atoms with van der Waals surface area (Å²) < 4.78 is 5.08. The molecule has 1 heterocycles. The Hall–Kier alpha value is -2.95. The van der Waals surface area contributed by atoms with E-state index in [1.807, 2.05) is 30.3 Å². The van der Waals surface area contributed by atoms with Crippen molar-refractivity contribution >= 4 is 17.4 Å². The van der Waals surface area contributed by atoms with Crippen molar-refractivity contribution < 1.29 is 14.3 Å². The van der Waals surface area contributed by atoms with Crippen LogP contribution in [0.4, 0.5) is 0 Å². The zero-order valence-electron chi connectivity index (χ0n) is 12.6. The van der Waals surface area contributed by atoms with Gasteiger partial charge in [0.05, 0.1) is 19.1 Å². The minimum atomic E-state index is -0.821. The summed E-state index contributed by atoms with van der Waals surface area (Å²) in [6.45, 7) is 0. The van der Waals surface area contributed by atoms with Crippen LogP contribution in [0.5, 0.6) is 5.75 Å². The molecule has 1 aliphatic heterocycles. The minimum Gasteiger partial charge on any atom is -0.497 e. The van der Waals surface area contributed by atoms with Crippen LogP contribution in [0.25, 0.3) is 0 Å². The van der Waals surface area contributed by atoms with Crippen LogP contribution in [0.2, 0.25) is 0 Å². The van der Waals surface area contributed by atoms with Crippen LogP contribution >= 0.6 is 0 Å². The number of ketones is 1. The van der Waals surface area contributed by atoms with Crippen LogP contribution in [0.3, 0.4) is 0 Å². The molecule has 0 unspecified atom stereocenters. The molecule has 0 radical (unpaired) electrons. The lowest BCUT2D eigenvalue weighted by Gasteiger charge is -2.18. The highest BCUT2D eigenvalue weighted by atomic mass is 16.5. The Balaban J connectivity index is 1.95. The normalized spacial score (nSPS) is 20.2. The summed E-state index contributed by atoms with van der Waals surface area (Å²) >= 11 is 0. The molecule has 0 saturated carbocycles. The third kappa shape index (κ3) is 2.73. The zero-order chi connectivity index (χ0) is 16.4. The maximum absolute atomic E-state index is 12.8. The van der Waals surface area contributed by atoms with Gasteiger partial charge in [0.1, 0.15) is 11.5 Å². The second-order valence-corrected chi connectivity index (χ2v) is 5.35. The summed E-state index contributed by atoms with van der Waals surface area (Å²) in [6.07, 6.45) is 0. The molecule has 1 aliphatic rings. The van der Waals surface area contributed by atoms with Gasteiger partial charge in [-0.2, -0.15) is 0 Å². The number of carbonyl (C=O) groups is 2. The SMILES string of the molecule is COc1ccc(C(=O)[C@@H]2C(=N)C(=O)N[C@H]2c2ccccc2)cc1. The van der Waals surface area contributed by atoms with Gasteiger partial charge in [-0.1, -0.05) is 30.3 Å². The van der Waals surface area contributed by atoms with Crippen LogP contribution in [0.1, 0.15) is 22.0 Å². The fourth-order valence-electron chi connectivity index (χ4n) is 2.76. The van der Waals surface area contributed by atoms with Crippen LogP contribution in [-0.4, -0.2) is 24.5 Å². The van der Waals surface area contributed by atoms with E-state index < -0.39 is 17.9 Å². The predicted molar refractivity (Wildman–Crippen MR) is 85.9 cm³/mol. The van der Waals surface area contributed by atoms with Gasteiger partial charge in [0.2, 0.25) is 0 Å². The molecule has 5 nitrogen and oxygen atoms in total. The van der Waals surface area contributed by atoms with Gasteiger partial charge in [-0.3, -0.25) is 15.0 Å². The summed E-state index contributed by atoms with van der Waals surface area (Å²) in [6, 6.07) is 15.4. The fourth-order valence-corrected chi connectivity index (χ4v) is 2.76. The smallest absolute Gasteiger partial charge is 0.266 e. The van der Waals surface area contributed by atoms with Crippen LogP contribution in [0.15, 0.2) is 54.6 Å². The molecular weight excluding hydrogens is 292 g/mol. The molecule has 1 fully saturated rings. The zero-order valence-corrected chi connectivity index (χ0v) is 12.6. The van der Waals surface area contributed by atoms with Gasteiger partial charge in [-0.05, 0) is 29.8 Å². The first-order valence-electron chi connectivity index (χ1n) is 7.24. The van der Waals surface area contributed by atoms with Gasteiger partial charge in [0.25, 0.3) is 5.91 Å². The van der Waals surface area contributed by atoms with Gasteiger partial charge >= 0.3 is 0 Å². The van der Waals surface area contributed by atoms with E-state index >= 15 is 0 Å². The Bertz CT molecular complexity index is 754. The summed E-state index contributed by atoms with van der Waals surface area (Å²) in [5.41, 5.74) is 1.08. The molecule has 2 atom stereocenters. The average molecular weight is 308 g/mol. The van der Waals surface area contributed by atoms with Crippen molar-refractivity contribution in [3.05, 3.63) is 65.7 Å². The number of ether oxygens (including phenoxy) is 1. The quantitative estimate of drug-likeness (QED) is 0.851. The van der Waals surface area contributed by atoms with Crippen LogP contribution < -0.4 is 10.1 Å². The molecule has 116 valence electrons. The molecule has 0 aliphatic carbocycles. The van der Waals surface area contributed by atoms with E-state index in [1.54, 1.807) is 31.4 Å². The maximum Gasteiger partial charge on any atom is 0.266 e. The summed E-state index contributed by atoms with van der Waals surface area (Å²) in [5, 5.41) is 10.7. The van der Waals surface area contributed by atoms with E-state index in [0.717, 1.165) is 5.56 Å². The van der Waals surface area contributed by atoms with E-state index in [4.69, 9.17) is 10.1 Å². The number of rotatable bonds is 4. The fraction of sp³-hybridized carbons (Fsp3) is 0.167. The minimum absolute atomic E-state index is 0.195. The van der Waals surface area contributed by atoms with Crippen molar-refractivity contribution in [1.82, 2.24) is 5.32 Å². The first kappa shape index (κ1) is 15.0. The Labute approximate surface area is 133 Å². The standard InChI is InChI=1S/C18H16N2O3/c1-23-13-9-7-12(8-10-13)17(21)14-15(19)18(22)20-16(14)11-5-3-2-4-6-11/h2-10,14,16,19H,1H3,(H,20,22)/t14-,16+/m1/s1. The second kappa shape index (κ2) is 6.04. The Morgan fingerprint density at radius 1 is 1.09 bits per heavy atom. The van der Waals surface area contributed by atoms with E-state index in [9.17, 15) is 9.59 Å². The highest BCUT2D eigenvalue weighted by Gasteiger charge is 2.43. The van der Waals surface area contributed by atoms with E-state index in [1.165, 1.54) is 0 Å². The topological polar surface area (TPSA) is 79.2 Å². The Kier molecular flexibility index (Phi) is 3.93. The molecule has 3 rings (SSSR count). The largest absolute Gasteiger partial charge is 0.497 e. The van der Waals surface area contributed by atoms with Crippen LogP contribution in [0, 0.1) is 11.3 Å². The molecule has 1 amide bonds.